The zero-order valence-corrected chi connectivity index (χ0v) is 14.6. The molecule has 0 aliphatic carbocycles. The first kappa shape index (κ1) is 17.5. The molecule has 1 N–H and O–H groups in total. The molecule has 23 heavy (non-hydrogen) atoms. The molecule has 0 radical (unpaired) electrons. The fraction of sp³-hybridized carbons (Fsp3) is 0.688. The Morgan fingerprint density at radius 1 is 1.35 bits per heavy atom. The van der Waals surface area contributed by atoms with Crippen LogP contribution in [0.1, 0.15) is 20.3 Å². The molecule has 2 rings (SSSR count). The molecule has 1 amide bonds. The predicted molar refractivity (Wildman–Crippen MR) is 92.9 cm³/mol. The van der Waals surface area contributed by atoms with Crippen LogP contribution in [0.3, 0.4) is 0 Å². The summed E-state index contributed by atoms with van der Waals surface area (Å²) in [5.74, 6) is 1.79. The topological polar surface area (TPSA) is 64.6 Å². The number of hydrogen-bond donors (Lipinski definition) is 1. The number of rotatable bonds is 6. The molecule has 1 atom stereocenters. The highest BCUT2D eigenvalue weighted by Crippen LogP contribution is 2.15. The molecule has 1 aromatic rings. The van der Waals surface area contributed by atoms with E-state index < -0.39 is 0 Å². The van der Waals surface area contributed by atoms with Gasteiger partial charge in [-0.2, -0.15) is 4.98 Å². The van der Waals surface area contributed by atoms with Crippen LogP contribution in [0.25, 0.3) is 0 Å². The molecule has 7 nitrogen and oxygen atoms in total. The number of carbonyl (C=O) groups excluding carboxylic acids is 1. The van der Waals surface area contributed by atoms with Gasteiger partial charge < -0.3 is 15.1 Å². The lowest BCUT2D eigenvalue weighted by atomic mass is 10.2. The van der Waals surface area contributed by atoms with Crippen LogP contribution < -0.4 is 15.1 Å². The third kappa shape index (κ3) is 5.06. The molecule has 0 aromatic carbocycles. The lowest BCUT2D eigenvalue weighted by Crippen LogP contribution is -2.50. The molecule has 1 aliphatic heterocycles. The summed E-state index contributed by atoms with van der Waals surface area (Å²) in [6.07, 6.45) is 2.76. The third-order valence-corrected chi connectivity index (χ3v) is 4.11. The summed E-state index contributed by atoms with van der Waals surface area (Å²) in [6.45, 7) is 8.08. The van der Waals surface area contributed by atoms with Crippen LogP contribution in [0.15, 0.2) is 12.3 Å². The van der Waals surface area contributed by atoms with E-state index in [1.54, 1.807) is 6.20 Å². The number of aromatic nitrogens is 2. The Morgan fingerprint density at radius 3 is 2.65 bits per heavy atom. The monoisotopic (exact) mass is 320 g/mol. The van der Waals surface area contributed by atoms with Crippen molar-refractivity contribution in [3.63, 3.8) is 0 Å². The highest BCUT2D eigenvalue weighted by Gasteiger charge is 2.20. The van der Waals surface area contributed by atoms with Crippen molar-refractivity contribution in [1.29, 1.82) is 0 Å². The van der Waals surface area contributed by atoms with Crippen molar-refractivity contribution in [2.45, 2.75) is 26.3 Å². The number of carbonyl (C=O) groups is 1. The van der Waals surface area contributed by atoms with E-state index in [0.29, 0.717) is 6.54 Å². The van der Waals surface area contributed by atoms with Crippen LogP contribution in [0, 0.1) is 0 Å². The number of anilines is 2. The van der Waals surface area contributed by atoms with Crippen molar-refractivity contribution >= 4 is 17.7 Å². The average molecular weight is 320 g/mol. The van der Waals surface area contributed by atoms with Crippen LogP contribution in [-0.2, 0) is 4.79 Å². The molecule has 128 valence electrons. The minimum Gasteiger partial charge on any atom is -0.354 e. The van der Waals surface area contributed by atoms with E-state index in [0.717, 1.165) is 44.4 Å². The third-order valence-electron chi connectivity index (χ3n) is 4.11. The Morgan fingerprint density at radius 2 is 2.04 bits per heavy atom. The molecule has 1 aliphatic rings. The summed E-state index contributed by atoms with van der Waals surface area (Å²) < 4.78 is 0. The van der Waals surface area contributed by atoms with Gasteiger partial charge in [0.1, 0.15) is 5.82 Å². The van der Waals surface area contributed by atoms with Crippen molar-refractivity contribution < 1.29 is 4.79 Å². The molecule has 7 heteroatoms. The van der Waals surface area contributed by atoms with Crippen molar-refractivity contribution in [2.24, 2.45) is 0 Å². The van der Waals surface area contributed by atoms with Gasteiger partial charge in [0.15, 0.2) is 0 Å². The van der Waals surface area contributed by atoms with Gasteiger partial charge in [-0.05, 0) is 19.4 Å². The molecular weight excluding hydrogens is 292 g/mol. The van der Waals surface area contributed by atoms with Crippen LogP contribution in [0.2, 0.25) is 0 Å². The summed E-state index contributed by atoms with van der Waals surface area (Å²) in [5, 5.41) is 3.02. The second kappa shape index (κ2) is 8.10. The highest BCUT2D eigenvalue weighted by atomic mass is 16.2. The molecule has 1 fully saturated rings. The van der Waals surface area contributed by atoms with E-state index in [-0.39, 0.29) is 11.9 Å². The Hall–Kier alpha value is -1.89. The first-order valence-electron chi connectivity index (χ1n) is 8.26. The molecule has 0 spiro atoms. The van der Waals surface area contributed by atoms with Gasteiger partial charge in [0.05, 0.1) is 6.54 Å². The first-order valence-corrected chi connectivity index (χ1v) is 8.26. The summed E-state index contributed by atoms with van der Waals surface area (Å²) in [6, 6.07) is 2.19. The largest absolute Gasteiger partial charge is 0.354 e. The van der Waals surface area contributed by atoms with Gasteiger partial charge in [-0.3, -0.25) is 9.69 Å². The Labute approximate surface area is 138 Å². The average Bonchev–Trinajstić information content (AvgIpc) is 2.55. The Bertz CT molecular complexity index is 513. The van der Waals surface area contributed by atoms with E-state index in [1.807, 2.05) is 32.0 Å². The van der Waals surface area contributed by atoms with E-state index in [2.05, 4.69) is 32.0 Å². The fourth-order valence-electron chi connectivity index (χ4n) is 2.49. The second-order valence-corrected chi connectivity index (χ2v) is 6.25. The van der Waals surface area contributed by atoms with Crippen LogP contribution in [0.4, 0.5) is 11.8 Å². The summed E-state index contributed by atoms with van der Waals surface area (Å²) in [4.78, 5) is 27.1. The van der Waals surface area contributed by atoms with Gasteiger partial charge in [0.25, 0.3) is 0 Å². The van der Waals surface area contributed by atoms with Crippen LogP contribution in [-0.4, -0.2) is 73.6 Å². The second-order valence-electron chi connectivity index (χ2n) is 6.25. The zero-order valence-electron chi connectivity index (χ0n) is 14.6. The SMILES string of the molecule is CCC(C)NC(=O)CN1CCN(c2ccnc(N(C)C)n2)CC1. The van der Waals surface area contributed by atoms with Crippen molar-refractivity contribution in [3.8, 4) is 0 Å². The molecule has 0 bridgehead atoms. The van der Waals surface area contributed by atoms with E-state index >= 15 is 0 Å². The van der Waals surface area contributed by atoms with E-state index in [9.17, 15) is 4.79 Å². The predicted octanol–water partition coefficient (Wildman–Crippen LogP) is 0.579. The van der Waals surface area contributed by atoms with Crippen LogP contribution >= 0.6 is 0 Å². The molecule has 0 saturated carbocycles. The van der Waals surface area contributed by atoms with E-state index in [1.165, 1.54) is 0 Å². The molecular formula is C16H28N6O. The van der Waals surface area contributed by atoms with E-state index in [4.69, 9.17) is 0 Å². The number of amides is 1. The lowest BCUT2D eigenvalue weighted by molar-refractivity contribution is -0.122. The van der Waals surface area contributed by atoms with Gasteiger partial charge in [-0.1, -0.05) is 6.92 Å². The van der Waals surface area contributed by atoms with Gasteiger partial charge in [-0.15, -0.1) is 0 Å². The summed E-state index contributed by atoms with van der Waals surface area (Å²) in [7, 11) is 3.87. The molecule has 1 unspecified atom stereocenters. The summed E-state index contributed by atoms with van der Waals surface area (Å²) >= 11 is 0. The first-order chi connectivity index (χ1) is 11.0. The van der Waals surface area contributed by atoms with Gasteiger partial charge in [0, 0.05) is 52.5 Å². The fourth-order valence-corrected chi connectivity index (χ4v) is 2.49. The highest BCUT2D eigenvalue weighted by molar-refractivity contribution is 5.78. The smallest absolute Gasteiger partial charge is 0.234 e. The maximum atomic E-state index is 12.0. The maximum absolute atomic E-state index is 12.0. The van der Waals surface area contributed by atoms with Gasteiger partial charge in [-0.25, -0.2) is 4.98 Å². The van der Waals surface area contributed by atoms with Crippen molar-refractivity contribution in [3.05, 3.63) is 12.3 Å². The number of hydrogen-bond acceptors (Lipinski definition) is 6. The lowest BCUT2D eigenvalue weighted by Gasteiger charge is -2.35. The Kier molecular flexibility index (Phi) is 6.15. The van der Waals surface area contributed by atoms with Crippen LogP contribution in [0.5, 0.6) is 0 Å². The quantitative estimate of drug-likeness (QED) is 0.827. The number of nitrogens with one attached hydrogen (secondary N) is 1. The maximum Gasteiger partial charge on any atom is 0.234 e. The zero-order chi connectivity index (χ0) is 16.8. The summed E-state index contributed by atoms with van der Waals surface area (Å²) in [5.41, 5.74) is 0. The molecule has 1 aromatic heterocycles. The Balaban J connectivity index is 1.84. The number of piperazine rings is 1. The van der Waals surface area contributed by atoms with Crippen molar-refractivity contribution in [1.82, 2.24) is 20.2 Å². The van der Waals surface area contributed by atoms with Crippen molar-refractivity contribution in [2.75, 3.05) is 56.6 Å². The van der Waals surface area contributed by atoms with Gasteiger partial charge >= 0.3 is 0 Å². The standard InChI is InChI=1S/C16H28N6O/c1-5-13(2)18-15(23)12-21-8-10-22(11-9-21)14-6-7-17-16(19-14)20(3)4/h6-7,13H,5,8-12H2,1-4H3,(H,18,23). The minimum atomic E-state index is 0.115. The normalized spacial score (nSPS) is 17.0. The molecule has 2 heterocycles. The molecule has 1 saturated heterocycles. The van der Waals surface area contributed by atoms with Gasteiger partial charge in [0.2, 0.25) is 11.9 Å². The minimum absolute atomic E-state index is 0.115. The number of nitrogens with zero attached hydrogens (tertiary/aromatic N) is 5.